The van der Waals surface area contributed by atoms with E-state index >= 15 is 0 Å². The topological polar surface area (TPSA) is 93.1 Å². The Balaban J connectivity index is 2.36. The molecule has 0 amide bonds. The normalized spacial score (nSPS) is 31.2. The summed E-state index contributed by atoms with van der Waals surface area (Å²) < 4.78 is 11.1. The number of carbonyl (C=O) groups is 2. The maximum Gasteiger partial charge on any atom is 0.336 e. The van der Waals surface area contributed by atoms with E-state index in [0.717, 1.165) is 24.0 Å². The van der Waals surface area contributed by atoms with Gasteiger partial charge in [-0.15, -0.1) is 0 Å². The van der Waals surface area contributed by atoms with Crippen LogP contribution in [0.1, 0.15) is 33.1 Å². The Morgan fingerprint density at radius 1 is 1.38 bits per heavy atom. The molecule has 6 nitrogen and oxygen atoms in total. The van der Waals surface area contributed by atoms with Crippen molar-refractivity contribution in [2.75, 3.05) is 13.2 Å². The number of carbonyl (C=O) groups excluding carboxylic acids is 2. The molecule has 0 aromatic rings. The van der Waals surface area contributed by atoms with Crippen LogP contribution in [-0.2, 0) is 19.1 Å². The van der Waals surface area contributed by atoms with E-state index in [0.29, 0.717) is 6.42 Å². The second-order valence-corrected chi connectivity index (χ2v) is 6.74. The summed E-state index contributed by atoms with van der Waals surface area (Å²) in [6.07, 6.45) is 6.17. The standard InChI is InChI=1S/C20H26O6/c1-12-5-4-6-13(2)10-17(26-20(24)15(11-22)7-8-21)18-14(3)19(23)25-16(18)9-12/h6-7,9,16-18,21-22H,3-5,8,10-11H2,1-2H3/b12-9+,13-6+,15-7+/t16-,17+,18+/m1/s1. The molecular formula is C20H26O6. The fraction of sp³-hybridized carbons (Fsp3) is 0.500. The van der Waals surface area contributed by atoms with Crippen LogP contribution in [0.2, 0.25) is 0 Å². The summed E-state index contributed by atoms with van der Waals surface area (Å²) in [4.78, 5) is 24.4. The van der Waals surface area contributed by atoms with E-state index in [-0.39, 0.29) is 17.8 Å². The number of ether oxygens (including phenoxy) is 2. The lowest BCUT2D eigenvalue weighted by molar-refractivity contribution is -0.147. The minimum atomic E-state index is -0.719. The lowest BCUT2D eigenvalue weighted by Gasteiger charge is -2.27. The number of hydrogen-bond donors (Lipinski definition) is 2. The molecule has 0 bridgehead atoms. The van der Waals surface area contributed by atoms with Crippen molar-refractivity contribution in [2.45, 2.75) is 45.3 Å². The second-order valence-electron chi connectivity index (χ2n) is 6.74. The maximum absolute atomic E-state index is 12.4. The smallest absolute Gasteiger partial charge is 0.336 e. The zero-order chi connectivity index (χ0) is 19.3. The summed E-state index contributed by atoms with van der Waals surface area (Å²) in [5.41, 5.74) is 2.39. The van der Waals surface area contributed by atoms with Gasteiger partial charge in [0.1, 0.15) is 12.2 Å². The predicted octanol–water partition coefficient (Wildman–Crippen LogP) is 1.98. The Kier molecular flexibility index (Phi) is 6.94. The van der Waals surface area contributed by atoms with Gasteiger partial charge in [-0.2, -0.15) is 0 Å². The van der Waals surface area contributed by atoms with Crippen LogP contribution >= 0.6 is 0 Å². The molecule has 3 atom stereocenters. The van der Waals surface area contributed by atoms with E-state index in [9.17, 15) is 14.7 Å². The monoisotopic (exact) mass is 362 g/mol. The number of aliphatic hydroxyl groups is 2. The van der Waals surface area contributed by atoms with Crippen molar-refractivity contribution < 1.29 is 29.3 Å². The van der Waals surface area contributed by atoms with Crippen LogP contribution in [0.4, 0.5) is 0 Å². The van der Waals surface area contributed by atoms with Gasteiger partial charge in [-0.05, 0) is 38.8 Å². The third kappa shape index (κ3) is 4.71. The number of aliphatic hydroxyl groups excluding tert-OH is 2. The highest BCUT2D eigenvalue weighted by atomic mass is 16.6. The molecule has 26 heavy (non-hydrogen) atoms. The first kappa shape index (κ1) is 20.1. The molecule has 1 heterocycles. The zero-order valence-corrected chi connectivity index (χ0v) is 15.2. The van der Waals surface area contributed by atoms with Crippen molar-refractivity contribution in [3.8, 4) is 0 Å². The molecular weight excluding hydrogens is 336 g/mol. The largest absolute Gasteiger partial charge is 0.458 e. The van der Waals surface area contributed by atoms with Crippen LogP contribution in [0.25, 0.3) is 0 Å². The Bertz CT molecular complexity index is 670. The van der Waals surface area contributed by atoms with Crippen molar-refractivity contribution in [2.24, 2.45) is 5.92 Å². The summed E-state index contributed by atoms with van der Waals surface area (Å²) in [7, 11) is 0. The van der Waals surface area contributed by atoms with Crippen molar-refractivity contribution in [3.05, 3.63) is 47.1 Å². The van der Waals surface area contributed by atoms with Gasteiger partial charge in [-0.25, -0.2) is 9.59 Å². The van der Waals surface area contributed by atoms with Crippen LogP contribution < -0.4 is 0 Å². The van der Waals surface area contributed by atoms with Crippen LogP contribution in [0.15, 0.2) is 47.1 Å². The van der Waals surface area contributed by atoms with Gasteiger partial charge in [0.2, 0.25) is 0 Å². The molecule has 2 rings (SSSR count). The first-order valence-corrected chi connectivity index (χ1v) is 8.71. The zero-order valence-electron chi connectivity index (χ0n) is 15.2. The first-order valence-electron chi connectivity index (χ1n) is 8.71. The van der Waals surface area contributed by atoms with E-state index in [4.69, 9.17) is 14.6 Å². The van der Waals surface area contributed by atoms with Crippen molar-refractivity contribution in [1.82, 2.24) is 0 Å². The third-order valence-corrected chi connectivity index (χ3v) is 4.69. The highest BCUT2D eigenvalue weighted by Crippen LogP contribution is 2.36. The van der Waals surface area contributed by atoms with Gasteiger partial charge in [0, 0.05) is 12.0 Å². The average molecular weight is 362 g/mol. The van der Waals surface area contributed by atoms with Gasteiger partial charge in [-0.1, -0.05) is 23.8 Å². The summed E-state index contributed by atoms with van der Waals surface area (Å²) >= 11 is 0. The average Bonchev–Trinajstić information content (AvgIpc) is 2.85. The van der Waals surface area contributed by atoms with Crippen LogP contribution in [0.5, 0.6) is 0 Å². The van der Waals surface area contributed by atoms with Gasteiger partial charge in [0.15, 0.2) is 0 Å². The third-order valence-electron chi connectivity index (χ3n) is 4.69. The highest BCUT2D eigenvalue weighted by molar-refractivity contribution is 5.92. The Morgan fingerprint density at radius 3 is 2.77 bits per heavy atom. The van der Waals surface area contributed by atoms with E-state index in [1.54, 1.807) is 0 Å². The Hall–Kier alpha value is -2.18. The molecule has 0 aromatic carbocycles. The van der Waals surface area contributed by atoms with Crippen LogP contribution in [0, 0.1) is 5.92 Å². The molecule has 1 saturated heterocycles. The fourth-order valence-corrected chi connectivity index (χ4v) is 3.27. The molecule has 6 heteroatoms. The van der Waals surface area contributed by atoms with Gasteiger partial charge < -0.3 is 19.7 Å². The van der Waals surface area contributed by atoms with E-state index in [1.165, 1.54) is 6.08 Å². The molecule has 0 radical (unpaired) electrons. The van der Waals surface area contributed by atoms with Crippen molar-refractivity contribution in [3.63, 3.8) is 0 Å². The SMILES string of the molecule is C=C1C(=O)O[C@@H]2/C=C(\C)CC/C=C(\C)C[C@H](OC(=O)/C(=C/CO)CO)[C@@H]12. The lowest BCUT2D eigenvalue weighted by atomic mass is 9.85. The summed E-state index contributed by atoms with van der Waals surface area (Å²) in [5.74, 6) is -1.70. The fourth-order valence-electron chi connectivity index (χ4n) is 3.27. The molecule has 0 spiro atoms. The molecule has 0 aromatic heterocycles. The van der Waals surface area contributed by atoms with Crippen molar-refractivity contribution in [1.29, 1.82) is 0 Å². The molecule has 2 N–H and O–H groups in total. The van der Waals surface area contributed by atoms with Crippen molar-refractivity contribution >= 4 is 11.9 Å². The van der Waals surface area contributed by atoms with Gasteiger partial charge in [0.05, 0.1) is 24.7 Å². The highest BCUT2D eigenvalue weighted by Gasteiger charge is 2.44. The predicted molar refractivity (Wildman–Crippen MR) is 96.0 cm³/mol. The molecule has 1 aliphatic heterocycles. The minimum Gasteiger partial charge on any atom is -0.458 e. The Labute approximate surface area is 153 Å². The molecule has 1 aliphatic carbocycles. The number of esters is 2. The van der Waals surface area contributed by atoms with E-state index < -0.39 is 36.7 Å². The van der Waals surface area contributed by atoms with E-state index in [1.807, 2.05) is 19.9 Å². The maximum atomic E-state index is 12.4. The lowest BCUT2D eigenvalue weighted by Crippen LogP contribution is -2.34. The number of rotatable bonds is 4. The van der Waals surface area contributed by atoms with Gasteiger partial charge in [0.25, 0.3) is 0 Å². The second kappa shape index (κ2) is 8.96. The number of hydrogen-bond acceptors (Lipinski definition) is 6. The summed E-state index contributed by atoms with van der Waals surface area (Å²) in [6, 6.07) is 0. The Morgan fingerprint density at radius 2 is 2.12 bits per heavy atom. The molecule has 142 valence electrons. The quantitative estimate of drug-likeness (QED) is 0.451. The summed E-state index contributed by atoms with van der Waals surface area (Å²) in [6.45, 7) is 6.85. The number of fused-ring (bicyclic) bond motifs is 1. The molecule has 0 unspecified atom stereocenters. The summed E-state index contributed by atoms with van der Waals surface area (Å²) in [5, 5.41) is 18.3. The molecule has 0 saturated carbocycles. The number of allylic oxidation sites excluding steroid dienone is 2. The minimum absolute atomic E-state index is 0.0228. The van der Waals surface area contributed by atoms with E-state index in [2.05, 4.69) is 12.7 Å². The van der Waals surface area contributed by atoms with Crippen LogP contribution in [-0.4, -0.2) is 47.6 Å². The van der Waals surface area contributed by atoms with Gasteiger partial charge >= 0.3 is 11.9 Å². The van der Waals surface area contributed by atoms with Crippen LogP contribution in [0.3, 0.4) is 0 Å². The first-order chi connectivity index (χ1) is 12.4. The molecule has 2 aliphatic rings. The molecule has 1 fully saturated rings. The van der Waals surface area contributed by atoms with Gasteiger partial charge in [-0.3, -0.25) is 0 Å².